The summed E-state index contributed by atoms with van der Waals surface area (Å²) in [6, 6.07) is 5.94. The Morgan fingerprint density at radius 3 is 3.11 bits per heavy atom. The van der Waals surface area contributed by atoms with E-state index in [0.29, 0.717) is 5.82 Å². The number of nitrogens with zero attached hydrogens (tertiary/aromatic N) is 4. The predicted octanol–water partition coefficient (Wildman–Crippen LogP) is 2.11. The van der Waals surface area contributed by atoms with E-state index in [-0.39, 0.29) is 0 Å². The lowest BCUT2D eigenvalue weighted by Crippen LogP contribution is -2.21. The molecule has 0 unspecified atom stereocenters. The highest BCUT2D eigenvalue weighted by atomic mass is 32.1. The molecule has 0 spiro atoms. The maximum atomic E-state index is 8.54. The fourth-order valence-electron chi connectivity index (χ4n) is 1.53. The Labute approximate surface area is 110 Å². The monoisotopic (exact) mass is 259 g/mol. The van der Waals surface area contributed by atoms with Crippen LogP contribution in [0.15, 0.2) is 29.9 Å². The molecule has 2 rings (SSSR count). The van der Waals surface area contributed by atoms with Crippen molar-refractivity contribution >= 4 is 23.0 Å². The molecule has 92 valence electrons. The topological polar surface area (TPSA) is 64.8 Å². The zero-order valence-corrected chi connectivity index (χ0v) is 10.8. The summed E-state index contributed by atoms with van der Waals surface area (Å²) in [5.74, 6) is 1.32. The van der Waals surface area contributed by atoms with Crippen molar-refractivity contribution in [2.75, 3.05) is 23.8 Å². The normalized spacial score (nSPS) is 9.78. The maximum absolute atomic E-state index is 8.54. The van der Waals surface area contributed by atoms with E-state index in [1.807, 2.05) is 18.1 Å². The average molecular weight is 259 g/mol. The Bertz CT molecular complexity index is 532. The van der Waals surface area contributed by atoms with Gasteiger partial charge in [0.05, 0.1) is 0 Å². The average Bonchev–Trinajstić information content (AvgIpc) is 2.90. The minimum atomic E-state index is 0.519. The molecule has 0 saturated carbocycles. The minimum absolute atomic E-state index is 0.519. The highest BCUT2D eigenvalue weighted by Gasteiger charge is 2.05. The highest BCUT2D eigenvalue weighted by molar-refractivity contribution is 7.09. The van der Waals surface area contributed by atoms with Crippen LogP contribution in [-0.2, 0) is 6.42 Å². The number of hydrogen-bond acceptors (Lipinski definition) is 6. The minimum Gasteiger partial charge on any atom is -0.359 e. The summed E-state index contributed by atoms with van der Waals surface area (Å²) >= 11 is 1.76. The second-order valence-electron chi connectivity index (χ2n) is 3.75. The first kappa shape index (κ1) is 12.3. The molecule has 2 aromatic heterocycles. The van der Waals surface area contributed by atoms with Gasteiger partial charge in [0.1, 0.15) is 18.0 Å². The van der Waals surface area contributed by atoms with Gasteiger partial charge in [0.25, 0.3) is 0 Å². The van der Waals surface area contributed by atoms with E-state index < -0.39 is 0 Å². The second-order valence-corrected chi connectivity index (χ2v) is 4.78. The van der Waals surface area contributed by atoms with Crippen molar-refractivity contribution in [3.8, 4) is 6.19 Å². The number of likely N-dealkylation sites (N-methyl/N-ethyl adjacent to an activating group) is 1. The van der Waals surface area contributed by atoms with Gasteiger partial charge in [0, 0.05) is 24.5 Å². The number of nitrogens with one attached hydrogen (secondary N) is 1. The first-order valence-corrected chi connectivity index (χ1v) is 6.38. The van der Waals surface area contributed by atoms with Gasteiger partial charge in [0.15, 0.2) is 6.19 Å². The van der Waals surface area contributed by atoms with Crippen LogP contribution in [0, 0.1) is 11.5 Å². The van der Waals surface area contributed by atoms with Crippen molar-refractivity contribution in [3.05, 3.63) is 34.8 Å². The summed E-state index contributed by atoms with van der Waals surface area (Å²) in [4.78, 5) is 11.5. The van der Waals surface area contributed by atoms with Crippen LogP contribution in [0.1, 0.15) is 4.88 Å². The molecular formula is C12H13N5S. The third-order valence-electron chi connectivity index (χ3n) is 2.50. The third-order valence-corrected chi connectivity index (χ3v) is 3.44. The van der Waals surface area contributed by atoms with E-state index in [1.54, 1.807) is 17.4 Å². The summed E-state index contributed by atoms with van der Waals surface area (Å²) in [6.07, 6.45) is 4.29. The molecule has 0 aliphatic rings. The first-order valence-electron chi connectivity index (χ1n) is 5.50. The molecule has 0 saturated heterocycles. The zero-order valence-electron chi connectivity index (χ0n) is 10.00. The second kappa shape index (κ2) is 5.98. The molecule has 0 fully saturated rings. The molecule has 5 nitrogen and oxygen atoms in total. The molecule has 6 heteroatoms. The van der Waals surface area contributed by atoms with Crippen LogP contribution >= 0.6 is 11.3 Å². The Kier molecular flexibility index (Phi) is 4.10. The van der Waals surface area contributed by atoms with Crippen molar-refractivity contribution in [3.63, 3.8) is 0 Å². The van der Waals surface area contributed by atoms with Gasteiger partial charge in [-0.25, -0.2) is 9.97 Å². The molecule has 0 radical (unpaired) electrons. The number of rotatable bonds is 5. The first-order chi connectivity index (χ1) is 8.79. The lowest BCUT2D eigenvalue weighted by molar-refractivity contribution is 0.865. The van der Waals surface area contributed by atoms with Gasteiger partial charge in [-0.1, -0.05) is 6.07 Å². The van der Waals surface area contributed by atoms with Crippen LogP contribution in [0.25, 0.3) is 0 Å². The summed E-state index contributed by atoms with van der Waals surface area (Å²) in [7, 11) is 1.98. The summed E-state index contributed by atoms with van der Waals surface area (Å²) in [5.41, 5.74) is 0. The lowest BCUT2D eigenvalue weighted by atomic mass is 10.3. The standard InChI is InChI=1S/C12H13N5S/c1-17(5-4-10-3-2-6-18-10)12-7-11(14-8-13)15-9-16-12/h2-3,6-7,9H,4-5H2,1H3,(H,14,15,16). The van der Waals surface area contributed by atoms with E-state index in [0.717, 1.165) is 18.8 Å². The molecular weight excluding hydrogens is 246 g/mol. The largest absolute Gasteiger partial charge is 0.359 e. The molecule has 18 heavy (non-hydrogen) atoms. The molecule has 0 atom stereocenters. The predicted molar refractivity (Wildman–Crippen MR) is 72.6 cm³/mol. The van der Waals surface area contributed by atoms with Gasteiger partial charge < -0.3 is 4.90 Å². The Morgan fingerprint density at radius 1 is 1.50 bits per heavy atom. The fraction of sp³-hybridized carbons (Fsp3) is 0.250. The summed E-state index contributed by atoms with van der Waals surface area (Å²) < 4.78 is 0. The Balaban J connectivity index is 1.98. The molecule has 0 bridgehead atoms. The van der Waals surface area contributed by atoms with Gasteiger partial charge in [0.2, 0.25) is 0 Å². The van der Waals surface area contributed by atoms with Gasteiger partial charge in [-0.2, -0.15) is 5.26 Å². The summed E-state index contributed by atoms with van der Waals surface area (Å²) in [5, 5.41) is 13.1. The van der Waals surface area contributed by atoms with E-state index in [2.05, 4.69) is 32.8 Å². The Morgan fingerprint density at radius 2 is 2.39 bits per heavy atom. The SMILES string of the molecule is CN(CCc1cccs1)c1cc(NC#N)ncn1. The van der Waals surface area contributed by atoms with Crippen molar-refractivity contribution in [1.29, 1.82) is 5.26 Å². The molecule has 2 heterocycles. The van der Waals surface area contributed by atoms with E-state index >= 15 is 0 Å². The summed E-state index contributed by atoms with van der Waals surface area (Å²) in [6.45, 7) is 0.878. The molecule has 0 aliphatic carbocycles. The number of hydrogen-bond donors (Lipinski definition) is 1. The quantitative estimate of drug-likeness (QED) is 0.658. The van der Waals surface area contributed by atoms with Crippen LogP contribution in [0.4, 0.5) is 11.6 Å². The van der Waals surface area contributed by atoms with E-state index in [1.165, 1.54) is 11.2 Å². The molecule has 0 amide bonds. The smallest absolute Gasteiger partial charge is 0.182 e. The lowest BCUT2D eigenvalue weighted by Gasteiger charge is -2.17. The number of nitriles is 1. The van der Waals surface area contributed by atoms with Crippen LogP contribution < -0.4 is 10.2 Å². The van der Waals surface area contributed by atoms with Crippen molar-refractivity contribution in [2.45, 2.75) is 6.42 Å². The zero-order chi connectivity index (χ0) is 12.8. The molecule has 1 N–H and O–H groups in total. The van der Waals surface area contributed by atoms with Crippen LogP contribution in [0.2, 0.25) is 0 Å². The third kappa shape index (κ3) is 3.18. The fourth-order valence-corrected chi connectivity index (χ4v) is 2.23. The van der Waals surface area contributed by atoms with E-state index in [4.69, 9.17) is 5.26 Å². The number of thiophene rings is 1. The van der Waals surface area contributed by atoms with Gasteiger partial charge in [-0.15, -0.1) is 11.3 Å². The van der Waals surface area contributed by atoms with Crippen LogP contribution in [-0.4, -0.2) is 23.6 Å². The van der Waals surface area contributed by atoms with Crippen molar-refractivity contribution in [2.24, 2.45) is 0 Å². The Hall–Kier alpha value is -2.13. The van der Waals surface area contributed by atoms with Gasteiger partial charge in [-0.3, -0.25) is 5.32 Å². The van der Waals surface area contributed by atoms with E-state index in [9.17, 15) is 0 Å². The molecule has 0 aliphatic heterocycles. The van der Waals surface area contributed by atoms with Crippen molar-refractivity contribution in [1.82, 2.24) is 9.97 Å². The van der Waals surface area contributed by atoms with Crippen molar-refractivity contribution < 1.29 is 0 Å². The number of anilines is 2. The molecule has 2 aromatic rings. The van der Waals surface area contributed by atoms with Gasteiger partial charge >= 0.3 is 0 Å². The van der Waals surface area contributed by atoms with Crippen LogP contribution in [0.3, 0.4) is 0 Å². The molecule has 0 aromatic carbocycles. The number of aromatic nitrogens is 2. The highest BCUT2D eigenvalue weighted by Crippen LogP contribution is 2.14. The van der Waals surface area contributed by atoms with Crippen LogP contribution in [0.5, 0.6) is 0 Å². The van der Waals surface area contributed by atoms with Gasteiger partial charge in [-0.05, 0) is 17.9 Å². The maximum Gasteiger partial charge on any atom is 0.182 e.